The van der Waals surface area contributed by atoms with Gasteiger partial charge in [-0.25, -0.2) is 4.79 Å². The van der Waals surface area contributed by atoms with Crippen LogP contribution < -0.4 is 10.1 Å². The van der Waals surface area contributed by atoms with E-state index in [2.05, 4.69) is 5.32 Å². The van der Waals surface area contributed by atoms with Crippen LogP contribution in [-0.4, -0.2) is 60.6 Å². The van der Waals surface area contributed by atoms with Crippen molar-refractivity contribution in [2.24, 2.45) is 0 Å². The summed E-state index contributed by atoms with van der Waals surface area (Å²) in [5.74, 6) is 0.692. The minimum atomic E-state index is -0.0222. The molecule has 0 bridgehead atoms. The van der Waals surface area contributed by atoms with Crippen molar-refractivity contribution in [1.82, 2.24) is 15.1 Å². The Morgan fingerprint density at radius 1 is 1.04 bits per heavy atom. The fourth-order valence-corrected chi connectivity index (χ4v) is 3.82. The molecule has 2 aliphatic rings. The van der Waals surface area contributed by atoms with Gasteiger partial charge in [0.2, 0.25) is 0 Å². The Labute approximate surface area is 161 Å². The van der Waals surface area contributed by atoms with E-state index in [1.54, 1.807) is 0 Å². The number of aryl methyl sites for hydroxylation is 1. The first-order chi connectivity index (χ1) is 13.1. The number of benzene rings is 1. The molecule has 1 heterocycles. The number of urea groups is 1. The Morgan fingerprint density at radius 2 is 1.78 bits per heavy atom. The first-order valence-electron chi connectivity index (χ1n) is 10.1. The van der Waals surface area contributed by atoms with Gasteiger partial charge in [0.25, 0.3) is 5.91 Å². The standard InChI is InChI=1S/C21H31N3O3/c1-17-7-5-10-19(15-17)27-16-20(25)23-11-6-12-24(14-13-23)21(26)22-18-8-3-2-4-9-18/h5,7,10,15,18H,2-4,6,8-9,11-14,16H2,1H3,(H,22,26). The molecule has 0 atom stereocenters. The number of amides is 3. The number of ether oxygens (including phenoxy) is 1. The summed E-state index contributed by atoms with van der Waals surface area (Å²) in [5, 5.41) is 3.17. The number of nitrogens with zero attached hydrogens (tertiary/aromatic N) is 2. The van der Waals surface area contributed by atoms with E-state index in [1.165, 1.54) is 19.3 Å². The minimum absolute atomic E-state index is 0.0206. The number of hydrogen-bond acceptors (Lipinski definition) is 3. The molecule has 27 heavy (non-hydrogen) atoms. The number of hydrogen-bond donors (Lipinski definition) is 1. The lowest BCUT2D eigenvalue weighted by atomic mass is 9.96. The Kier molecular flexibility index (Phi) is 6.96. The van der Waals surface area contributed by atoms with Crippen LogP contribution in [0.25, 0.3) is 0 Å². The highest BCUT2D eigenvalue weighted by Crippen LogP contribution is 2.18. The van der Waals surface area contributed by atoms with Crippen molar-refractivity contribution in [3.05, 3.63) is 29.8 Å². The first kappa shape index (κ1) is 19.5. The van der Waals surface area contributed by atoms with Crippen LogP contribution in [0.15, 0.2) is 24.3 Å². The second kappa shape index (κ2) is 9.62. The maximum Gasteiger partial charge on any atom is 0.317 e. The third-order valence-electron chi connectivity index (χ3n) is 5.42. The molecule has 6 heteroatoms. The van der Waals surface area contributed by atoms with Crippen LogP contribution in [0, 0.1) is 6.92 Å². The summed E-state index contributed by atoms with van der Waals surface area (Å²) in [7, 11) is 0. The molecule has 0 unspecified atom stereocenters. The SMILES string of the molecule is Cc1cccc(OCC(=O)N2CCCN(C(=O)NC3CCCCC3)CC2)c1. The van der Waals surface area contributed by atoms with E-state index < -0.39 is 0 Å². The van der Waals surface area contributed by atoms with Gasteiger partial charge in [-0.15, -0.1) is 0 Å². The zero-order chi connectivity index (χ0) is 19.1. The number of rotatable bonds is 4. The molecule has 1 aliphatic carbocycles. The molecule has 0 spiro atoms. The maximum atomic E-state index is 12.5. The molecule has 6 nitrogen and oxygen atoms in total. The average Bonchev–Trinajstić information content (AvgIpc) is 2.93. The van der Waals surface area contributed by atoms with Gasteiger partial charge >= 0.3 is 6.03 Å². The second-order valence-electron chi connectivity index (χ2n) is 7.61. The van der Waals surface area contributed by atoms with Crippen LogP contribution >= 0.6 is 0 Å². The molecule has 0 aromatic heterocycles. The normalized spacial score (nSPS) is 18.7. The Bertz CT molecular complexity index is 643. The number of nitrogens with one attached hydrogen (secondary N) is 1. The topological polar surface area (TPSA) is 61.9 Å². The monoisotopic (exact) mass is 373 g/mol. The highest BCUT2D eigenvalue weighted by molar-refractivity contribution is 5.78. The molecule has 2 fully saturated rings. The smallest absolute Gasteiger partial charge is 0.317 e. The number of carbonyl (C=O) groups is 2. The van der Waals surface area contributed by atoms with Crippen LogP contribution in [-0.2, 0) is 4.79 Å². The molecule has 148 valence electrons. The highest BCUT2D eigenvalue weighted by Gasteiger charge is 2.24. The predicted molar refractivity (Wildman–Crippen MR) is 105 cm³/mol. The van der Waals surface area contributed by atoms with Gasteiger partial charge in [0, 0.05) is 32.2 Å². The molecule has 1 N–H and O–H groups in total. The fourth-order valence-electron chi connectivity index (χ4n) is 3.82. The molecule has 3 amide bonds. The van der Waals surface area contributed by atoms with Gasteiger partial charge in [0.1, 0.15) is 5.75 Å². The van der Waals surface area contributed by atoms with E-state index in [0.717, 1.165) is 24.8 Å². The van der Waals surface area contributed by atoms with Gasteiger partial charge in [-0.05, 0) is 43.9 Å². The zero-order valence-corrected chi connectivity index (χ0v) is 16.3. The predicted octanol–water partition coefficient (Wildman–Crippen LogP) is 2.95. The van der Waals surface area contributed by atoms with E-state index >= 15 is 0 Å². The molecule has 1 saturated carbocycles. The Balaban J connectivity index is 1.44. The quantitative estimate of drug-likeness (QED) is 0.883. The summed E-state index contributed by atoms with van der Waals surface area (Å²) >= 11 is 0. The zero-order valence-electron chi connectivity index (χ0n) is 16.3. The third kappa shape index (κ3) is 5.88. The van der Waals surface area contributed by atoms with Crippen molar-refractivity contribution in [1.29, 1.82) is 0 Å². The Hall–Kier alpha value is -2.24. The van der Waals surface area contributed by atoms with Gasteiger partial charge < -0.3 is 19.9 Å². The largest absolute Gasteiger partial charge is 0.484 e. The molecule has 1 aromatic rings. The molecule has 1 aliphatic heterocycles. The summed E-state index contributed by atoms with van der Waals surface area (Å²) < 4.78 is 5.63. The lowest BCUT2D eigenvalue weighted by Gasteiger charge is -2.27. The van der Waals surface area contributed by atoms with E-state index in [4.69, 9.17) is 4.74 Å². The molecular formula is C21H31N3O3. The van der Waals surface area contributed by atoms with Crippen molar-refractivity contribution in [3.63, 3.8) is 0 Å². The van der Waals surface area contributed by atoms with Crippen LogP contribution in [0.3, 0.4) is 0 Å². The summed E-state index contributed by atoms with van der Waals surface area (Å²) in [6.07, 6.45) is 6.65. The van der Waals surface area contributed by atoms with Gasteiger partial charge in [-0.2, -0.15) is 0 Å². The Morgan fingerprint density at radius 3 is 2.56 bits per heavy atom. The van der Waals surface area contributed by atoms with Crippen LogP contribution in [0.1, 0.15) is 44.1 Å². The molecule has 0 radical (unpaired) electrons. The van der Waals surface area contributed by atoms with E-state index in [1.807, 2.05) is 41.0 Å². The molecule has 1 aromatic carbocycles. The van der Waals surface area contributed by atoms with Crippen LogP contribution in [0.4, 0.5) is 4.79 Å². The lowest BCUT2D eigenvalue weighted by Crippen LogP contribution is -2.47. The summed E-state index contributed by atoms with van der Waals surface area (Å²) in [4.78, 5) is 28.7. The molecule has 1 saturated heterocycles. The van der Waals surface area contributed by atoms with E-state index in [-0.39, 0.29) is 18.5 Å². The maximum absolute atomic E-state index is 12.5. The van der Waals surface area contributed by atoms with Crippen molar-refractivity contribution < 1.29 is 14.3 Å². The lowest BCUT2D eigenvalue weighted by molar-refractivity contribution is -0.133. The fraction of sp³-hybridized carbons (Fsp3) is 0.619. The van der Waals surface area contributed by atoms with Crippen LogP contribution in [0.2, 0.25) is 0 Å². The van der Waals surface area contributed by atoms with Gasteiger partial charge in [-0.1, -0.05) is 31.4 Å². The van der Waals surface area contributed by atoms with E-state index in [9.17, 15) is 9.59 Å². The minimum Gasteiger partial charge on any atom is -0.484 e. The molecule has 3 rings (SSSR count). The second-order valence-corrected chi connectivity index (χ2v) is 7.61. The first-order valence-corrected chi connectivity index (χ1v) is 10.1. The molecular weight excluding hydrogens is 342 g/mol. The summed E-state index contributed by atoms with van der Waals surface area (Å²) in [5.41, 5.74) is 1.11. The number of carbonyl (C=O) groups excluding carboxylic acids is 2. The van der Waals surface area contributed by atoms with Crippen molar-refractivity contribution in [2.45, 2.75) is 51.5 Å². The van der Waals surface area contributed by atoms with E-state index in [0.29, 0.717) is 38.0 Å². The van der Waals surface area contributed by atoms with Gasteiger partial charge in [0.05, 0.1) is 0 Å². The third-order valence-corrected chi connectivity index (χ3v) is 5.42. The van der Waals surface area contributed by atoms with Crippen molar-refractivity contribution >= 4 is 11.9 Å². The van der Waals surface area contributed by atoms with Gasteiger partial charge in [0.15, 0.2) is 6.61 Å². The van der Waals surface area contributed by atoms with Crippen molar-refractivity contribution in [3.8, 4) is 5.75 Å². The van der Waals surface area contributed by atoms with Crippen LogP contribution in [0.5, 0.6) is 5.75 Å². The summed E-state index contributed by atoms with van der Waals surface area (Å²) in [6, 6.07) is 8.04. The highest BCUT2D eigenvalue weighted by atomic mass is 16.5. The average molecular weight is 373 g/mol. The van der Waals surface area contributed by atoms with Crippen molar-refractivity contribution in [2.75, 3.05) is 32.8 Å². The summed E-state index contributed by atoms with van der Waals surface area (Å²) in [6.45, 7) is 4.54. The van der Waals surface area contributed by atoms with Gasteiger partial charge in [-0.3, -0.25) is 4.79 Å².